The van der Waals surface area contributed by atoms with E-state index in [-0.39, 0.29) is 5.38 Å². The summed E-state index contributed by atoms with van der Waals surface area (Å²) in [5, 5.41) is 2.67. The second kappa shape index (κ2) is 8.25. The van der Waals surface area contributed by atoms with E-state index in [9.17, 15) is 4.79 Å². The van der Waals surface area contributed by atoms with Gasteiger partial charge in [-0.15, -0.1) is 23.4 Å². The molecule has 0 aliphatic carbocycles. The summed E-state index contributed by atoms with van der Waals surface area (Å²) in [7, 11) is 0. The predicted octanol–water partition coefficient (Wildman–Crippen LogP) is 2.83. The van der Waals surface area contributed by atoms with Crippen LogP contribution in [0.4, 0.5) is 4.79 Å². The summed E-state index contributed by atoms with van der Waals surface area (Å²) in [6, 6.07) is 9.70. The van der Waals surface area contributed by atoms with E-state index in [0.29, 0.717) is 6.54 Å². The van der Waals surface area contributed by atoms with E-state index in [1.165, 1.54) is 4.90 Å². The number of nitrogens with two attached hydrogens (primary N) is 1. The Hall–Kier alpha value is -0.870. The van der Waals surface area contributed by atoms with E-state index in [1.807, 2.05) is 18.2 Å². The summed E-state index contributed by atoms with van der Waals surface area (Å²) in [5.41, 5.74) is 4.96. The van der Waals surface area contributed by atoms with Crippen molar-refractivity contribution in [2.45, 2.75) is 23.1 Å². The number of amides is 2. The molecule has 0 heterocycles. The van der Waals surface area contributed by atoms with E-state index in [4.69, 9.17) is 17.3 Å². The van der Waals surface area contributed by atoms with Crippen LogP contribution in [0.1, 0.15) is 12.8 Å². The largest absolute Gasteiger partial charge is 0.352 e. The zero-order valence-electron chi connectivity index (χ0n) is 9.56. The normalized spacial score (nSPS) is 12.1. The molecule has 3 nitrogen and oxygen atoms in total. The highest BCUT2D eigenvalue weighted by atomic mass is 35.5. The van der Waals surface area contributed by atoms with Crippen LogP contribution in [0.2, 0.25) is 0 Å². The van der Waals surface area contributed by atoms with Gasteiger partial charge in [-0.25, -0.2) is 4.79 Å². The van der Waals surface area contributed by atoms with Gasteiger partial charge in [0.15, 0.2) is 0 Å². The van der Waals surface area contributed by atoms with Crippen LogP contribution in [0.15, 0.2) is 35.2 Å². The molecule has 2 amide bonds. The van der Waals surface area contributed by atoms with Crippen molar-refractivity contribution in [3.63, 3.8) is 0 Å². The van der Waals surface area contributed by atoms with Crippen LogP contribution in [0.3, 0.4) is 0 Å². The number of rotatable bonds is 7. The lowest BCUT2D eigenvalue weighted by molar-refractivity contribution is 0.248. The highest BCUT2D eigenvalue weighted by Crippen LogP contribution is 2.21. The Kier molecular flexibility index (Phi) is 6.89. The van der Waals surface area contributed by atoms with Crippen molar-refractivity contribution in [3.8, 4) is 0 Å². The number of carbonyl (C=O) groups is 1. The highest BCUT2D eigenvalue weighted by molar-refractivity contribution is 7.99. The van der Waals surface area contributed by atoms with Gasteiger partial charge in [-0.2, -0.15) is 0 Å². The van der Waals surface area contributed by atoms with Gasteiger partial charge in [-0.1, -0.05) is 18.2 Å². The maximum absolute atomic E-state index is 10.4. The second-order valence-electron chi connectivity index (χ2n) is 3.65. The number of thioether (sulfide) groups is 1. The third-order valence-corrected chi connectivity index (χ3v) is 3.90. The van der Waals surface area contributed by atoms with Gasteiger partial charge < -0.3 is 11.1 Å². The maximum atomic E-state index is 10.4. The summed E-state index contributed by atoms with van der Waals surface area (Å²) in [6.07, 6.45) is 1.73. The number of nitrogens with one attached hydrogen (secondary N) is 1. The molecule has 3 N–H and O–H groups in total. The highest BCUT2D eigenvalue weighted by Gasteiger charge is 2.05. The van der Waals surface area contributed by atoms with Crippen LogP contribution in [-0.2, 0) is 0 Å². The van der Waals surface area contributed by atoms with Crippen molar-refractivity contribution in [3.05, 3.63) is 30.3 Å². The molecule has 0 radical (unpaired) electrons. The predicted molar refractivity (Wildman–Crippen MR) is 73.6 cm³/mol. The minimum absolute atomic E-state index is 0.120. The van der Waals surface area contributed by atoms with Gasteiger partial charge in [-0.3, -0.25) is 0 Å². The zero-order valence-corrected chi connectivity index (χ0v) is 11.1. The van der Waals surface area contributed by atoms with Crippen LogP contribution in [0, 0.1) is 0 Å². The van der Waals surface area contributed by atoms with Crippen LogP contribution < -0.4 is 11.1 Å². The molecular formula is C12H17ClN2OS. The third-order valence-electron chi connectivity index (χ3n) is 2.17. The molecule has 1 aromatic carbocycles. The first kappa shape index (κ1) is 14.2. The fraction of sp³-hybridized carbons (Fsp3) is 0.417. The quantitative estimate of drug-likeness (QED) is 0.456. The van der Waals surface area contributed by atoms with Gasteiger partial charge in [0.2, 0.25) is 0 Å². The molecule has 0 aliphatic rings. The summed E-state index contributed by atoms with van der Waals surface area (Å²) in [6.45, 7) is 0.592. The molecule has 0 saturated heterocycles. The molecule has 1 unspecified atom stereocenters. The molecule has 1 aromatic rings. The van der Waals surface area contributed by atoms with E-state index in [0.717, 1.165) is 18.6 Å². The Bertz CT molecular complexity index is 335. The van der Waals surface area contributed by atoms with Crippen molar-refractivity contribution < 1.29 is 4.79 Å². The van der Waals surface area contributed by atoms with Gasteiger partial charge in [-0.05, 0) is 25.0 Å². The summed E-state index contributed by atoms with van der Waals surface area (Å²) < 4.78 is 0. The van der Waals surface area contributed by atoms with E-state index in [1.54, 1.807) is 11.8 Å². The molecule has 94 valence electrons. The van der Waals surface area contributed by atoms with E-state index < -0.39 is 6.03 Å². The van der Waals surface area contributed by atoms with Gasteiger partial charge >= 0.3 is 6.03 Å². The molecular weight excluding hydrogens is 256 g/mol. The first-order chi connectivity index (χ1) is 8.18. The first-order valence-electron chi connectivity index (χ1n) is 5.53. The van der Waals surface area contributed by atoms with Gasteiger partial charge in [0.25, 0.3) is 0 Å². The number of benzene rings is 1. The van der Waals surface area contributed by atoms with E-state index in [2.05, 4.69) is 17.4 Å². The number of alkyl halides is 1. The van der Waals surface area contributed by atoms with E-state index >= 15 is 0 Å². The number of hydrogen-bond acceptors (Lipinski definition) is 2. The Morgan fingerprint density at radius 2 is 2.12 bits per heavy atom. The summed E-state index contributed by atoms with van der Waals surface area (Å²) >= 11 is 7.93. The minimum atomic E-state index is -0.477. The summed E-state index contributed by atoms with van der Waals surface area (Å²) in [5.74, 6) is 0.877. The lowest BCUT2D eigenvalue weighted by Gasteiger charge is -2.09. The molecule has 0 aliphatic heterocycles. The van der Waals surface area contributed by atoms with Gasteiger partial charge in [0.1, 0.15) is 0 Å². The third kappa shape index (κ3) is 7.13. The Labute approximate surface area is 111 Å². The van der Waals surface area contributed by atoms with Gasteiger partial charge in [0, 0.05) is 22.6 Å². The molecule has 1 atom stereocenters. The van der Waals surface area contributed by atoms with Crippen LogP contribution in [0.25, 0.3) is 0 Å². The number of carbonyl (C=O) groups excluding carboxylic acids is 1. The lowest BCUT2D eigenvalue weighted by atomic mass is 10.2. The van der Waals surface area contributed by atoms with Crippen molar-refractivity contribution in [2.24, 2.45) is 5.73 Å². The molecule has 0 saturated carbocycles. The average Bonchev–Trinajstić information content (AvgIpc) is 2.33. The van der Waals surface area contributed by atoms with Crippen molar-refractivity contribution in [1.29, 1.82) is 0 Å². The Balaban J connectivity index is 2.09. The molecule has 17 heavy (non-hydrogen) atoms. The monoisotopic (exact) mass is 272 g/mol. The Morgan fingerprint density at radius 1 is 1.41 bits per heavy atom. The van der Waals surface area contributed by atoms with Gasteiger partial charge in [0.05, 0.1) is 0 Å². The van der Waals surface area contributed by atoms with Crippen molar-refractivity contribution >= 4 is 29.4 Å². The van der Waals surface area contributed by atoms with Crippen molar-refractivity contribution in [2.75, 3.05) is 12.3 Å². The average molecular weight is 273 g/mol. The number of hydrogen-bond donors (Lipinski definition) is 2. The first-order valence-corrected chi connectivity index (χ1v) is 6.96. The molecule has 0 spiro atoms. The molecule has 0 fully saturated rings. The fourth-order valence-electron chi connectivity index (χ4n) is 1.32. The smallest absolute Gasteiger partial charge is 0.312 e. The summed E-state index contributed by atoms with van der Waals surface area (Å²) in [4.78, 5) is 11.7. The lowest BCUT2D eigenvalue weighted by Crippen LogP contribution is -2.30. The number of urea groups is 1. The Morgan fingerprint density at radius 3 is 2.76 bits per heavy atom. The van der Waals surface area contributed by atoms with Crippen molar-refractivity contribution in [1.82, 2.24) is 5.32 Å². The molecule has 0 aromatic heterocycles. The SMILES string of the molecule is NC(=O)NCCCC(Cl)CSc1ccccc1. The molecule has 5 heteroatoms. The fourth-order valence-corrected chi connectivity index (χ4v) is 2.55. The minimum Gasteiger partial charge on any atom is -0.352 e. The topological polar surface area (TPSA) is 55.1 Å². The zero-order chi connectivity index (χ0) is 12.5. The standard InChI is InChI=1S/C12H17ClN2OS/c13-10(5-4-8-15-12(14)16)9-17-11-6-2-1-3-7-11/h1-3,6-7,10H,4-5,8-9H2,(H3,14,15,16). The second-order valence-corrected chi connectivity index (χ2v) is 5.37. The maximum Gasteiger partial charge on any atom is 0.312 e. The number of halogens is 1. The van der Waals surface area contributed by atoms with Crippen LogP contribution in [-0.4, -0.2) is 23.7 Å². The molecule has 1 rings (SSSR count). The van der Waals surface area contributed by atoms with Crippen LogP contribution in [0.5, 0.6) is 0 Å². The number of primary amides is 1. The molecule has 0 bridgehead atoms. The van der Waals surface area contributed by atoms with Crippen LogP contribution >= 0.6 is 23.4 Å².